The molecule has 0 atom stereocenters. The van der Waals surface area contributed by atoms with E-state index in [1.165, 1.54) is 5.56 Å². The summed E-state index contributed by atoms with van der Waals surface area (Å²) in [6.45, 7) is 7.84. The summed E-state index contributed by atoms with van der Waals surface area (Å²) in [5.74, 6) is 0.796. The molecule has 0 unspecified atom stereocenters. The molecule has 0 bridgehead atoms. The Morgan fingerprint density at radius 1 is 1.07 bits per heavy atom. The highest BCUT2D eigenvalue weighted by Crippen LogP contribution is 2.18. The van der Waals surface area contributed by atoms with Gasteiger partial charge in [-0.25, -0.2) is 4.79 Å². The van der Waals surface area contributed by atoms with Crippen LogP contribution in [-0.2, 0) is 6.54 Å². The molecule has 1 saturated heterocycles. The standard InChI is InChI=1S/C22H26N4O2/c1-17(2)28-21-9-7-20(8-10-21)24-22(27)26-13-11-25(12-14-26)16-19-5-3-18(15-23)4-6-19/h3-10,17H,11-14,16H2,1-2H3,(H,24,27). The first-order valence-corrected chi connectivity index (χ1v) is 9.57. The molecule has 1 heterocycles. The summed E-state index contributed by atoms with van der Waals surface area (Å²) in [4.78, 5) is 16.7. The predicted molar refractivity (Wildman–Crippen MR) is 109 cm³/mol. The zero-order valence-corrected chi connectivity index (χ0v) is 16.4. The average molecular weight is 378 g/mol. The molecule has 0 spiro atoms. The van der Waals surface area contributed by atoms with Crippen LogP contribution in [0, 0.1) is 11.3 Å². The van der Waals surface area contributed by atoms with Crippen LogP contribution in [-0.4, -0.2) is 48.1 Å². The number of amides is 2. The molecule has 3 rings (SSSR count). The van der Waals surface area contributed by atoms with Gasteiger partial charge in [-0.2, -0.15) is 5.26 Å². The molecule has 0 aliphatic carbocycles. The maximum atomic E-state index is 12.5. The summed E-state index contributed by atoms with van der Waals surface area (Å²) in [5.41, 5.74) is 2.62. The Morgan fingerprint density at radius 2 is 1.71 bits per heavy atom. The number of nitrogens with one attached hydrogen (secondary N) is 1. The van der Waals surface area contributed by atoms with Crippen LogP contribution < -0.4 is 10.1 Å². The molecule has 2 amide bonds. The van der Waals surface area contributed by atoms with E-state index >= 15 is 0 Å². The Bertz CT molecular complexity index is 817. The van der Waals surface area contributed by atoms with E-state index in [9.17, 15) is 4.79 Å². The first kappa shape index (κ1) is 19.7. The normalized spacial score (nSPS) is 14.6. The average Bonchev–Trinajstić information content (AvgIpc) is 2.70. The van der Waals surface area contributed by atoms with E-state index in [-0.39, 0.29) is 12.1 Å². The minimum Gasteiger partial charge on any atom is -0.491 e. The molecule has 28 heavy (non-hydrogen) atoms. The number of hydrogen-bond donors (Lipinski definition) is 1. The minimum absolute atomic E-state index is 0.0736. The van der Waals surface area contributed by atoms with E-state index in [0.29, 0.717) is 18.7 Å². The number of benzene rings is 2. The number of hydrogen-bond acceptors (Lipinski definition) is 4. The fourth-order valence-corrected chi connectivity index (χ4v) is 3.14. The molecule has 6 nitrogen and oxygen atoms in total. The molecule has 1 aliphatic heterocycles. The number of ether oxygens (including phenoxy) is 1. The molecule has 1 fully saturated rings. The maximum Gasteiger partial charge on any atom is 0.321 e. The molecular weight excluding hydrogens is 352 g/mol. The van der Waals surface area contributed by atoms with Crippen molar-refractivity contribution in [2.75, 3.05) is 31.5 Å². The molecular formula is C22H26N4O2. The van der Waals surface area contributed by atoms with Gasteiger partial charge in [-0.3, -0.25) is 4.90 Å². The third kappa shape index (κ3) is 5.48. The van der Waals surface area contributed by atoms with E-state index in [4.69, 9.17) is 10.00 Å². The fourth-order valence-electron chi connectivity index (χ4n) is 3.14. The van der Waals surface area contributed by atoms with E-state index < -0.39 is 0 Å². The van der Waals surface area contributed by atoms with Gasteiger partial charge in [0.15, 0.2) is 0 Å². The topological polar surface area (TPSA) is 68.6 Å². The molecule has 146 valence electrons. The second-order valence-corrected chi connectivity index (χ2v) is 7.19. The molecule has 1 N–H and O–H groups in total. The number of carbonyl (C=O) groups is 1. The van der Waals surface area contributed by atoms with Gasteiger partial charge in [0.2, 0.25) is 0 Å². The Balaban J connectivity index is 1.46. The highest BCUT2D eigenvalue weighted by atomic mass is 16.5. The van der Waals surface area contributed by atoms with Gasteiger partial charge in [0.25, 0.3) is 0 Å². The quantitative estimate of drug-likeness (QED) is 0.861. The van der Waals surface area contributed by atoms with Gasteiger partial charge in [-0.1, -0.05) is 12.1 Å². The van der Waals surface area contributed by atoms with Crippen molar-refractivity contribution in [3.63, 3.8) is 0 Å². The maximum absolute atomic E-state index is 12.5. The first-order chi connectivity index (χ1) is 13.5. The zero-order chi connectivity index (χ0) is 19.9. The van der Waals surface area contributed by atoms with Crippen LogP contribution >= 0.6 is 0 Å². The molecule has 2 aromatic rings. The van der Waals surface area contributed by atoms with Gasteiger partial charge in [0, 0.05) is 38.4 Å². The van der Waals surface area contributed by atoms with Crippen LogP contribution in [0.4, 0.5) is 10.5 Å². The van der Waals surface area contributed by atoms with Crippen molar-refractivity contribution in [2.24, 2.45) is 0 Å². The van der Waals surface area contributed by atoms with E-state index in [1.54, 1.807) is 0 Å². The van der Waals surface area contributed by atoms with E-state index in [0.717, 1.165) is 31.1 Å². The second-order valence-electron chi connectivity index (χ2n) is 7.19. The zero-order valence-electron chi connectivity index (χ0n) is 16.4. The van der Waals surface area contributed by atoms with Crippen LogP contribution in [0.5, 0.6) is 5.75 Å². The number of nitrogens with zero attached hydrogens (tertiary/aromatic N) is 3. The molecule has 0 saturated carbocycles. The Labute approximate surface area is 166 Å². The van der Waals surface area contributed by atoms with Gasteiger partial charge >= 0.3 is 6.03 Å². The van der Waals surface area contributed by atoms with Gasteiger partial charge in [-0.05, 0) is 55.8 Å². The van der Waals surface area contributed by atoms with Crippen LogP contribution in [0.15, 0.2) is 48.5 Å². The fraction of sp³-hybridized carbons (Fsp3) is 0.364. The highest BCUT2D eigenvalue weighted by molar-refractivity contribution is 5.89. The number of piperazine rings is 1. The summed E-state index contributed by atoms with van der Waals surface area (Å²) in [6, 6.07) is 17.2. The smallest absolute Gasteiger partial charge is 0.321 e. The van der Waals surface area contributed by atoms with Crippen molar-refractivity contribution in [2.45, 2.75) is 26.5 Å². The van der Waals surface area contributed by atoms with Crippen LogP contribution in [0.3, 0.4) is 0 Å². The Kier molecular flexibility index (Phi) is 6.51. The predicted octanol–water partition coefficient (Wildman–Crippen LogP) is 3.70. The van der Waals surface area contributed by atoms with Gasteiger partial charge < -0.3 is 15.0 Å². The van der Waals surface area contributed by atoms with Crippen molar-refractivity contribution >= 4 is 11.7 Å². The van der Waals surface area contributed by atoms with Gasteiger partial charge in [0.1, 0.15) is 5.75 Å². The second kappa shape index (κ2) is 9.25. The molecule has 2 aromatic carbocycles. The lowest BCUT2D eigenvalue weighted by Crippen LogP contribution is -2.49. The summed E-state index contributed by atoms with van der Waals surface area (Å²) in [7, 11) is 0. The van der Waals surface area contributed by atoms with Crippen molar-refractivity contribution < 1.29 is 9.53 Å². The number of anilines is 1. The summed E-state index contributed by atoms with van der Waals surface area (Å²) in [6.07, 6.45) is 0.126. The first-order valence-electron chi connectivity index (χ1n) is 9.57. The van der Waals surface area contributed by atoms with Crippen molar-refractivity contribution in [3.05, 3.63) is 59.7 Å². The summed E-state index contributed by atoms with van der Waals surface area (Å²) in [5, 5.41) is 11.8. The van der Waals surface area contributed by atoms with Crippen LogP contribution in [0.1, 0.15) is 25.0 Å². The number of rotatable bonds is 5. The lowest BCUT2D eigenvalue weighted by Gasteiger charge is -2.34. The SMILES string of the molecule is CC(C)Oc1ccc(NC(=O)N2CCN(Cc3ccc(C#N)cc3)CC2)cc1. The van der Waals surface area contributed by atoms with Gasteiger partial charge in [-0.15, -0.1) is 0 Å². The monoisotopic (exact) mass is 378 g/mol. The Morgan fingerprint density at radius 3 is 2.29 bits per heavy atom. The third-order valence-electron chi connectivity index (χ3n) is 4.63. The lowest BCUT2D eigenvalue weighted by atomic mass is 10.1. The number of nitriles is 1. The summed E-state index contributed by atoms with van der Waals surface area (Å²) < 4.78 is 5.62. The molecule has 6 heteroatoms. The van der Waals surface area contributed by atoms with Crippen molar-refractivity contribution in [1.82, 2.24) is 9.80 Å². The Hall–Kier alpha value is -3.04. The van der Waals surface area contributed by atoms with Crippen LogP contribution in [0.25, 0.3) is 0 Å². The highest BCUT2D eigenvalue weighted by Gasteiger charge is 2.21. The van der Waals surface area contributed by atoms with E-state index in [2.05, 4.69) is 16.3 Å². The molecule has 0 radical (unpaired) electrons. The molecule has 0 aromatic heterocycles. The summed E-state index contributed by atoms with van der Waals surface area (Å²) >= 11 is 0. The van der Waals surface area contributed by atoms with Crippen molar-refractivity contribution in [3.8, 4) is 11.8 Å². The number of urea groups is 1. The number of carbonyl (C=O) groups excluding carboxylic acids is 1. The third-order valence-corrected chi connectivity index (χ3v) is 4.63. The van der Waals surface area contributed by atoms with Crippen molar-refractivity contribution in [1.29, 1.82) is 5.26 Å². The lowest BCUT2D eigenvalue weighted by molar-refractivity contribution is 0.143. The van der Waals surface area contributed by atoms with Crippen LogP contribution in [0.2, 0.25) is 0 Å². The minimum atomic E-state index is -0.0736. The largest absolute Gasteiger partial charge is 0.491 e. The van der Waals surface area contributed by atoms with E-state index in [1.807, 2.05) is 67.3 Å². The molecule has 1 aliphatic rings. The van der Waals surface area contributed by atoms with Gasteiger partial charge in [0.05, 0.1) is 17.7 Å².